The molecule has 0 aromatic heterocycles. The lowest BCUT2D eigenvalue weighted by molar-refractivity contribution is 0.111. The van der Waals surface area contributed by atoms with Crippen LogP contribution < -0.4 is 10.6 Å². The Balaban J connectivity index is 0.00000364. The number of rotatable bonds is 5. The van der Waals surface area contributed by atoms with Gasteiger partial charge in [0.15, 0.2) is 5.96 Å². The van der Waals surface area contributed by atoms with Gasteiger partial charge in [-0.1, -0.05) is 44.2 Å². The van der Waals surface area contributed by atoms with E-state index in [1.54, 1.807) is 11.9 Å². The highest BCUT2D eigenvalue weighted by molar-refractivity contribution is 14.0. The maximum absolute atomic E-state index is 11.6. The van der Waals surface area contributed by atoms with Gasteiger partial charge in [-0.05, 0) is 30.2 Å². The predicted octanol–water partition coefficient (Wildman–Crippen LogP) is 3.27. The van der Waals surface area contributed by atoms with Gasteiger partial charge in [-0.3, -0.25) is 4.99 Å². The van der Waals surface area contributed by atoms with E-state index in [1.165, 1.54) is 12.7 Å². The molecule has 1 aliphatic rings. The first-order chi connectivity index (χ1) is 12.4. The van der Waals surface area contributed by atoms with Crippen molar-refractivity contribution in [3.05, 3.63) is 35.9 Å². The predicted molar refractivity (Wildman–Crippen MR) is 121 cm³/mol. The molecule has 2 rings (SSSR count). The van der Waals surface area contributed by atoms with Crippen LogP contribution in [-0.2, 0) is 11.2 Å². The number of piperidine rings is 1. The van der Waals surface area contributed by atoms with E-state index in [0.29, 0.717) is 19.1 Å². The van der Waals surface area contributed by atoms with E-state index in [-0.39, 0.29) is 35.5 Å². The molecule has 1 amide bonds. The number of carbonyl (C=O) groups is 1. The Morgan fingerprint density at radius 3 is 2.44 bits per heavy atom. The zero-order valence-corrected chi connectivity index (χ0v) is 19.2. The molecule has 1 heterocycles. The van der Waals surface area contributed by atoms with Gasteiger partial charge in [-0.15, -0.1) is 24.0 Å². The average molecular weight is 488 g/mol. The third kappa shape index (κ3) is 7.94. The quantitative estimate of drug-likeness (QED) is 0.380. The van der Waals surface area contributed by atoms with Crippen molar-refractivity contribution in [1.82, 2.24) is 15.5 Å². The molecular formula is C20H33IN4O2. The van der Waals surface area contributed by atoms with Crippen molar-refractivity contribution < 1.29 is 9.53 Å². The Morgan fingerprint density at radius 1 is 1.26 bits per heavy atom. The summed E-state index contributed by atoms with van der Waals surface area (Å²) in [7, 11) is 3.22. The van der Waals surface area contributed by atoms with Crippen LogP contribution >= 0.6 is 24.0 Å². The minimum atomic E-state index is -0.242. The maximum atomic E-state index is 11.6. The molecule has 0 atom stereocenters. The lowest BCUT2D eigenvalue weighted by atomic mass is 9.86. The monoisotopic (exact) mass is 488 g/mol. The summed E-state index contributed by atoms with van der Waals surface area (Å²) >= 11 is 0. The van der Waals surface area contributed by atoms with Gasteiger partial charge in [0.05, 0.1) is 7.11 Å². The third-order valence-electron chi connectivity index (χ3n) is 4.75. The van der Waals surface area contributed by atoms with Gasteiger partial charge in [0.2, 0.25) is 0 Å². The van der Waals surface area contributed by atoms with Gasteiger partial charge in [-0.25, -0.2) is 4.79 Å². The Hall–Kier alpha value is -1.51. The van der Waals surface area contributed by atoms with E-state index in [2.05, 4.69) is 53.7 Å². The highest BCUT2D eigenvalue weighted by Crippen LogP contribution is 2.20. The molecule has 27 heavy (non-hydrogen) atoms. The number of hydrogen-bond donors (Lipinski definition) is 2. The van der Waals surface area contributed by atoms with Crippen LogP contribution in [0.1, 0.15) is 32.3 Å². The first-order valence-electron chi connectivity index (χ1n) is 9.27. The molecule has 0 saturated carbocycles. The first-order valence-corrected chi connectivity index (χ1v) is 9.27. The van der Waals surface area contributed by atoms with Gasteiger partial charge in [0, 0.05) is 32.7 Å². The van der Waals surface area contributed by atoms with Crippen LogP contribution in [0.4, 0.5) is 4.79 Å². The molecule has 2 N–H and O–H groups in total. The van der Waals surface area contributed by atoms with Crippen molar-refractivity contribution in [1.29, 1.82) is 0 Å². The summed E-state index contributed by atoms with van der Waals surface area (Å²) in [6, 6.07) is 10.9. The maximum Gasteiger partial charge on any atom is 0.409 e. The van der Waals surface area contributed by atoms with Crippen LogP contribution in [0.5, 0.6) is 0 Å². The molecule has 152 valence electrons. The summed E-state index contributed by atoms with van der Waals surface area (Å²) in [6.45, 7) is 6.77. The molecule has 0 bridgehead atoms. The number of methoxy groups -OCH3 is 1. The van der Waals surface area contributed by atoms with E-state index in [1.807, 2.05) is 6.07 Å². The zero-order valence-electron chi connectivity index (χ0n) is 16.8. The fourth-order valence-corrected chi connectivity index (χ4v) is 3.26. The van der Waals surface area contributed by atoms with Crippen molar-refractivity contribution in [3.63, 3.8) is 0 Å². The summed E-state index contributed by atoms with van der Waals surface area (Å²) in [5.74, 6) is 0.822. The summed E-state index contributed by atoms with van der Waals surface area (Å²) in [4.78, 5) is 17.7. The van der Waals surface area contributed by atoms with Crippen LogP contribution in [0.2, 0.25) is 0 Å². The van der Waals surface area contributed by atoms with Crippen LogP contribution in [-0.4, -0.2) is 56.8 Å². The molecule has 0 radical (unpaired) electrons. The molecule has 1 aliphatic heterocycles. The molecule has 0 unspecified atom stereocenters. The van der Waals surface area contributed by atoms with E-state index in [4.69, 9.17) is 4.74 Å². The Kier molecular flexibility index (Phi) is 9.90. The molecule has 1 aromatic rings. The van der Waals surface area contributed by atoms with Crippen LogP contribution in [0.3, 0.4) is 0 Å². The number of ether oxygens (including phenoxy) is 1. The fourth-order valence-electron chi connectivity index (χ4n) is 3.26. The molecular weight excluding hydrogens is 455 g/mol. The molecule has 7 heteroatoms. The van der Waals surface area contributed by atoms with Crippen LogP contribution in [0.25, 0.3) is 0 Å². The molecule has 6 nitrogen and oxygen atoms in total. The highest BCUT2D eigenvalue weighted by Gasteiger charge is 2.24. The second-order valence-corrected chi connectivity index (χ2v) is 7.63. The molecule has 0 spiro atoms. The van der Waals surface area contributed by atoms with Crippen molar-refractivity contribution in [2.24, 2.45) is 10.4 Å². The standard InChI is InChI=1S/C20H32N4O2.HI/c1-20(2,14-16-8-6-5-7-9-16)15-22-18(21-3)23-17-10-12-24(13-11-17)19(25)26-4;/h5-9,17H,10-15H2,1-4H3,(H2,21,22,23);1H. The number of carbonyl (C=O) groups excluding carboxylic acids is 1. The van der Waals surface area contributed by atoms with Gasteiger partial charge in [0.1, 0.15) is 0 Å². The minimum absolute atomic E-state index is 0. The SMILES string of the molecule is CN=C(NCC(C)(C)Cc1ccccc1)NC1CCN(C(=O)OC)CC1.I. The molecule has 1 saturated heterocycles. The number of benzene rings is 1. The average Bonchev–Trinajstić information content (AvgIpc) is 2.65. The van der Waals surface area contributed by atoms with Crippen molar-refractivity contribution in [3.8, 4) is 0 Å². The lowest BCUT2D eigenvalue weighted by Gasteiger charge is -2.33. The van der Waals surface area contributed by atoms with Gasteiger partial charge in [-0.2, -0.15) is 0 Å². The number of halogens is 1. The number of nitrogens with zero attached hydrogens (tertiary/aromatic N) is 2. The van der Waals surface area contributed by atoms with Crippen LogP contribution in [0.15, 0.2) is 35.3 Å². The Bertz CT molecular complexity index is 599. The van der Waals surface area contributed by atoms with E-state index >= 15 is 0 Å². The number of amides is 1. The summed E-state index contributed by atoms with van der Waals surface area (Å²) in [5.41, 5.74) is 1.46. The van der Waals surface area contributed by atoms with Gasteiger partial charge < -0.3 is 20.3 Å². The number of nitrogens with one attached hydrogen (secondary N) is 2. The molecule has 1 fully saturated rings. The number of aliphatic imine (C=N–C) groups is 1. The van der Waals surface area contributed by atoms with E-state index in [0.717, 1.165) is 31.8 Å². The van der Waals surface area contributed by atoms with E-state index < -0.39 is 0 Å². The second kappa shape index (κ2) is 11.4. The van der Waals surface area contributed by atoms with Gasteiger partial charge in [0.25, 0.3) is 0 Å². The first kappa shape index (κ1) is 23.5. The molecule has 0 aliphatic carbocycles. The smallest absolute Gasteiger partial charge is 0.409 e. The second-order valence-electron chi connectivity index (χ2n) is 7.63. The van der Waals surface area contributed by atoms with Crippen molar-refractivity contribution in [2.45, 2.75) is 39.2 Å². The van der Waals surface area contributed by atoms with Crippen molar-refractivity contribution >= 4 is 36.0 Å². The summed E-state index contributed by atoms with van der Waals surface area (Å²) in [6.07, 6.45) is 2.55. The number of guanidine groups is 1. The summed E-state index contributed by atoms with van der Waals surface area (Å²) in [5, 5.41) is 6.94. The topological polar surface area (TPSA) is 66.0 Å². The Labute approximate surface area is 180 Å². The fraction of sp³-hybridized carbons (Fsp3) is 0.600. The lowest BCUT2D eigenvalue weighted by Crippen LogP contribution is -2.51. The van der Waals surface area contributed by atoms with Gasteiger partial charge >= 0.3 is 6.09 Å². The minimum Gasteiger partial charge on any atom is -0.453 e. The Morgan fingerprint density at radius 2 is 1.89 bits per heavy atom. The third-order valence-corrected chi connectivity index (χ3v) is 4.75. The largest absolute Gasteiger partial charge is 0.453 e. The summed E-state index contributed by atoms with van der Waals surface area (Å²) < 4.78 is 4.78. The van der Waals surface area contributed by atoms with Crippen molar-refractivity contribution in [2.75, 3.05) is 33.8 Å². The number of likely N-dealkylation sites (tertiary alicyclic amines) is 1. The van der Waals surface area contributed by atoms with E-state index in [9.17, 15) is 4.79 Å². The number of hydrogen-bond acceptors (Lipinski definition) is 3. The molecule has 1 aromatic carbocycles. The van der Waals surface area contributed by atoms with Crippen LogP contribution in [0, 0.1) is 5.41 Å². The zero-order chi connectivity index (χ0) is 19.0. The normalized spacial score (nSPS) is 15.7. The highest BCUT2D eigenvalue weighted by atomic mass is 127.